The Balaban J connectivity index is 1.86. The SMILES string of the molecule is Cc1cc2c(Nc3cccc(F)c3)nc(-c3ccccc3)nc2[nH]1. The molecule has 2 aromatic heterocycles. The lowest BCUT2D eigenvalue weighted by Crippen LogP contribution is -1.98. The van der Waals surface area contributed by atoms with Gasteiger partial charge in [0.1, 0.15) is 17.3 Å². The lowest BCUT2D eigenvalue weighted by molar-refractivity contribution is 0.628. The number of aromatic nitrogens is 3. The molecule has 0 fully saturated rings. The summed E-state index contributed by atoms with van der Waals surface area (Å²) in [6.07, 6.45) is 0. The van der Waals surface area contributed by atoms with Gasteiger partial charge in [0.05, 0.1) is 5.39 Å². The van der Waals surface area contributed by atoms with E-state index in [1.807, 2.05) is 43.3 Å². The number of fused-ring (bicyclic) bond motifs is 1. The van der Waals surface area contributed by atoms with E-state index in [0.29, 0.717) is 17.3 Å². The van der Waals surface area contributed by atoms with E-state index in [0.717, 1.165) is 22.3 Å². The van der Waals surface area contributed by atoms with Crippen LogP contribution in [0.25, 0.3) is 22.4 Å². The Hall–Kier alpha value is -3.21. The Morgan fingerprint density at radius 3 is 2.58 bits per heavy atom. The standard InChI is InChI=1S/C19H15FN4/c1-12-10-16-18(21-12)23-17(13-6-3-2-4-7-13)24-19(16)22-15-9-5-8-14(20)11-15/h2-11H,1H3,(H2,21,22,23,24). The van der Waals surface area contributed by atoms with Gasteiger partial charge in [-0.1, -0.05) is 36.4 Å². The minimum atomic E-state index is -0.293. The van der Waals surface area contributed by atoms with E-state index in [-0.39, 0.29) is 5.82 Å². The normalized spacial score (nSPS) is 10.9. The Morgan fingerprint density at radius 2 is 1.79 bits per heavy atom. The molecule has 2 N–H and O–H groups in total. The smallest absolute Gasteiger partial charge is 0.163 e. The predicted molar refractivity (Wildman–Crippen MR) is 93.7 cm³/mol. The molecule has 5 heteroatoms. The molecule has 0 aliphatic heterocycles. The average Bonchev–Trinajstić information content (AvgIpc) is 2.96. The van der Waals surface area contributed by atoms with Gasteiger partial charge in [-0.15, -0.1) is 0 Å². The summed E-state index contributed by atoms with van der Waals surface area (Å²) < 4.78 is 13.5. The van der Waals surface area contributed by atoms with Gasteiger partial charge in [0, 0.05) is 16.9 Å². The van der Waals surface area contributed by atoms with Crippen LogP contribution < -0.4 is 5.32 Å². The number of anilines is 2. The highest BCUT2D eigenvalue weighted by molar-refractivity contribution is 5.91. The molecule has 4 rings (SSSR count). The van der Waals surface area contributed by atoms with E-state index in [1.54, 1.807) is 12.1 Å². The molecular formula is C19H15FN4. The molecule has 118 valence electrons. The van der Waals surface area contributed by atoms with Gasteiger partial charge in [-0.2, -0.15) is 0 Å². The molecule has 0 unspecified atom stereocenters. The number of hydrogen-bond donors (Lipinski definition) is 2. The fraction of sp³-hybridized carbons (Fsp3) is 0.0526. The van der Waals surface area contributed by atoms with Crippen molar-refractivity contribution in [3.05, 3.63) is 72.2 Å². The fourth-order valence-corrected chi connectivity index (χ4v) is 2.66. The quantitative estimate of drug-likeness (QED) is 0.569. The largest absolute Gasteiger partial charge is 0.343 e. The second-order valence-corrected chi connectivity index (χ2v) is 5.61. The topological polar surface area (TPSA) is 53.6 Å². The molecule has 2 heterocycles. The van der Waals surface area contributed by atoms with Crippen LogP contribution in [-0.4, -0.2) is 15.0 Å². The van der Waals surface area contributed by atoms with Gasteiger partial charge in [0.2, 0.25) is 0 Å². The number of benzene rings is 2. The van der Waals surface area contributed by atoms with Crippen molar-refractivity contribution in [3.63, 3.8) is 0 Å². The van der Waals surface area contributed by atoms with E-state index in [1.165, 1.54) is 12.1 Å². The molecule has 0 atom stereocenters. The molecule has 0 spiro atoms. The molecule has 0 radical (unpaired) electrons. The molecule has 0 aliphatic carbocycles. The molecule has 0 saturated heterocycles. The maximum Gasteiger partial charge on any atom is 0.163 e. The molecule has 0 amide bonds. The monoisotopic (exact) mass is 318 g/mol. The zero-order valence-electron chi connectivity index (χ0n) is 13.0. The summed E-state index contributed by atoms with van der Waals surface area (Å²) in [5, 5.41) is 4.07. The van der Waals surface area contributed by atoms with Gasteiger partial charge in [-0.25, -0.2) is 14.4 Å². The number of rotatable bonds is 3. The second-order valence-electron chi connectivity index (χ2n) is 5.61. The molecule has 4 aromatic rings. The Bertz CT molecular complexity index is 1010. The molecule has 0 aliphatic rings. The number of aryl methyl sites for hydroxylation is 1. The van der Waals surface area contributed by atoms with Crippen molar-refractivity contribution in [1.82, 2.24) is 15.0 Å². The van der Waals surface area contributed by atoms with Crippen molar-refractivity contribution in [1.29, 1.82) is 0 Å². The predicted octanol–water partition coefficient (Wildman–Crippen LogP) is 4.82. The van der Waals surface area contributed by atoms with Crippen molar-refractivity contribution in [2.45, 2.75) is 6.92 Å². The van der Waals surface area contributed by atoms with Crippen molar-refractivity contribution in [3.8, 4) is 11.4 Å². The first-order valence-corrected chi connectivity index (χ1v) is 7.64. The summed E-state index contributed by atoms with van der Waals surface area (Å²) in [5.41, 5.74) is 3.31. The van der Waals surface area contributed by atoms with Gasteiger partial charge >= 0.3 is 0 Å². The number of hydrogen-bond acceptors (Lipinski definition) is 3. The van der Waals surface area contributed by atoms with E-state index in [2.05, 4.69) is 20.3 Å². The minimum Gasteiger partial charge on any atom is -0.343 e. The van der Waals surface area contributed by atoms with Gasteiger partial charge in [-0.3, -0.25) is 0 Å². The lowest BCUT2D eigenvalue weighted by Gasteiger charge is -2.09. The number of H-pyrrole nitrogens is 1. The van der Waals surface area contributed by atoms with Crippen molar-refractivity contribution < 1.29 is 4.39 Å². The zero-order valence-corrected chi connectivity index (χ0v) is 13.0. The number of nitrogens with one attached hydrogen (secondary N) is 2. The molecule has 4 nitrogen and oxygen atoms in total. The maximum atomic E-state index is 13.5. The Labute approximate surface area is 138 Å². The number of halogens is 1. The second kappa shape index (κ2) is 5.77. The first kappa shape index (κ1) is 14.4. The van der Waals surface area contributed by atoms with E-state index in [4.69, 9.17) is 0 Å². The van der Waals surface area contributed by atoms with Crippen LogP contribution in [0.1, 0.15) is 5.69 Å². The van der Waals surface area contributed by atoms with Gasteiger partial charge < -0.3 is 10.3 Å². The summed E-state index contributed by atoms with van der Waals surface area (Å²) in [6, 6.07) is 18.1. The van der Waals surface area contributed by atoms with Crippen molar-refractivity contribution >= 4 is 22.5 Å². The molecule has 24 heavy (non-hydrogen) atoms. The fourth-order valence-electron chi connectivity index (χ4n) is 2.66. The lowest BCUT2D eigenvalue weighted by atomic mass is 10.2. The Morgan fingerprint density at radius 1 is 0.958 bits per heavy atom. The first-order valence-electron chi connectivity index (χ1n) is 7.64. The third kappa shape index (κ3) is 2.72. The van der Waals surface area contributed by atoms with Crippen LogP contribution in [-0.2, 0) is 0 Å². The third-order valence-corrected chi connectivity index (χ3v) is 3.74. The van der Waals surface area contributed by atoms with E-state index >= 15 is 0 Å². The van der Waals surface area contributed by atoms with Crippen molar-refractivity contribution in [2.75, 3.05) is 5.32 Å². The number of nitrogens with zero attached hydrogens (tertiary/aromatic N) is 2. The van der Waals surface area contributed by atoms with Crippen LogP contribution in [0, 0.1) is 12.7 Å². The molecule has 0 bridgehead atoms. The zero-order chi connectivity index (χ0) is 16.5. The molecule has 0 saturated carbocycles. The van der Waals surface area contributed by atoms with Crippen LogP contribution in [0.15, 0.2) is 60.7 Å². The highest BCUT2D eigenvalue weighted by atomic mass is 19.1. The third-order valence-electron chi connectivity index (χ3n) is 3.74. The maximum absolute atomic E-state index is 13.5. The first-order chi connectivity index (χ1) is 11.7. The summed E-state index contributed by atoms with van der Waals surface area (Å²) in [6.45, 7) is 1.97. The van der Waals surface area contributed by atoms with Crippen LogP contribution in [0.2, 0.25) is 0 Å². The van der Waals surface area contributed by atoms with Gasteiger partial charge in [0.25, 0.3) is 0 Å². The summed E-state index contributed by atoms with van der Waals surface area (Å²) in [7, 11) is 0. The summed E-state index contributed by atoms with van der Waals surface area (Å²) in [5.74, 6) is 0.969. The van der Waals surface area contributed by atoms with Gasteiger partial charge in [-0.05, 0) is 31.2 Å². The summed E-state index contributed by atoms with van der Waals surface area (Å²) in [4.78, 5) is 12.5. The van der Waals surface area contributed by atoms with Crippen LogP contribution >= 0.6 is 0 Å². The van der Waals surface area contributed by atoms with Crippen LogP contribution in [0.5, 0.6) is 0 Å². The molecule has 2 aromatic carbocycles. The van der Waals surface area contributed by atoms with E-state index in [9.17, 15) is 4.39 Å². The van der Waals surface area contributed by atoms with Crippen LogP contribution in [0.3, 0.4) is 0 Å². The van der Waals surface area contributed by atoms with Crippen LogP contribution in [0.4, 0.5) is 15.9 Å². The molecular weight excluding hydrogens is 303 g/mol. The van der Waals surface area contributed by atoms with E-state index < -0.39 is 0 Å². The summed E-state index contributed by atoms with van der Waals surface area (Å²) >= 11 is 0. The Kier molecular flexibility index (Phi) is 3.46. The average molecular weight is 318 g/mol. The highest BCUT2D eigenvalue weighted by Crippen LogP contribution is 2.28. The number of aromatic amines is 1. The highest BCUT2D eigenvalue weighted by Gasteiger charge is 2.12. The van der Waals surface area contributed by atoms with Gasteiger partial charge in [0.15, 0.2) is 5.82 Å². The van der Waals surface area contributed by atoms with Crippen molar-refractivity contribution in [2.24, 2.45) is 0 Å². The minimum absolute atomic E-state index is 0.293.